The van der Waals surface area contributed by atoms with Crippen LogP contribution in [0.25, 0.3) is 0 Å². The average molecular weight is 442 g/mol. The molecule has 0 saturated carbocycles. The van der Waals surface area contributed by atoms with E-state index in [0.29, 0.717) is 12.2 Å². The Labute approximate surface area is 122 Å². The molecule has 1 aromatic rings. The minimum absolute atomic E-state index is 0.360. The molecule has 2 heterocycles. The van der Waals surface area contributed by atoms with Crippen LogP contribution in [0.4, 0.5) is 0 Å². The molecule has 3 rings (SSSR count). The van der Waals surface area contributed by atoms with Crippen molar-refractivity contribution in [2.45, 2.75) is 25.0 Å². The number of hydrogen-bond donors (Lipinski definition) is 0. The van der Waals surface area contributed by atoms with Crippen LogP contribution in [0.2, 0.25) is 0 Å². The first-order chi connectivity index (χ1) is 7.80. The summed E-state index contributed by atoms with van der Waals surface area (Å²) in [4.78, 5) is 0. The monoisotopic (exact) mass is 442 g/mol. The highest BCUT2D eigenvalue weighted by Crippen LogP contribution is 2.39. The van der Waals surface area contributed by atoms with E-state index in [1.54, 1.807) is 0 Å². The number of fused-ring (bicyclic) bond motifs is 2. The quantitative estimate of drug-likeness (QED) is 0.518. The third-order valence-electron chi connectivity index (χ3n) is 3.07. The highest BCUT2D eigenvalue weighted by atomic mass is 127. The van der Waals surface area contributed by atoms with Gasteiger partial charge in [0.2, 0.25) is 0 Å². The largest absolute Gasteiger partial charge is 0.489 e. The lowest BCUT2D eigenvalue weighted by atomic mass is 10.0. The van der Waals surface area contributed by atoms with Gasteiger partial charge in [-0.3, -0.25) is 0 Å². The van der Waals surface area contributed by atoms with Crippen LogP contribution in [0.15, 0.2) is 12.1 Å². The van der Waals surface area contributed by atoms with E-state index >= 15 is 0 Å². The van der Waals surface area contributed by atoms with E-state index in [1.807, 2.05) is 0 Å². The van der Waals surface area contributed by atoms with Crippen molar-refractivity contribution in [2.24, 2.45) is 0 Å². The summed E-state index contributed by atoms with van der Waals surface area (Å²) in [6, 6.07) is 4.37. The predicted molar refractivity (Wildman–Crippen MR) is 80.5 cm³/mol. The SMILES string of the molecule is ICC1Cc2cc3c(cc2O1)OC(CI)C3. The number of ether oxygens (including phenoxy) is 2. The van der Waals surface area contributed by atoms with Gasteiger partial charge in [-0.1, -0.05) is 45.2 Å². The molecule has 2 atom stereocenters. The molecule has 2 aliphatic rings. The molecule has 16 heavy (non-hydrogen) atoms. The van der Waals surface area contributed by atoms with Gasteiger partial charge < -0.3 is 9.47 Å². The zero-order valence-corrected chi connectivity index (χ0v) is 13.0. The molecule has 0 aromatic heterocycles. The summed E-state index contributed by atoms with van der Waals surface area (Å²) in [5.74, 6) is 2.07. The summed E-state index contributed by atoms with van der Waals surface area (Å²) in [5, 5.41) is 0. The molecule has 1 aromatic carbocycles. The van der Waals surface area contributed by atoms with Crippen LogP contribution < -0.4 is 9.47 Å². The molecule has 0 saturated heterocycles. The van der Waals surface area contributed by atoms with Gasteiger partial charge in [0, 0.05) is 27.8 Å². The smallest absolute Gasteiger partial charge is 0.126 e. The summed E-state index contributed by atoms with van der Waals surface area (Å²) in [7, 11) is 0. The molecule has 2 aliphatic heterocycles. The molecular weight excluding hydrogens is 430 g/mol. The molecule has 0 radical (unpaired) electrons. The lowest BCUT2D eigenvalue weighted by Gasteiger charge is -2.07. The van der Waals surface area contributed by atoms with Crippen molar-refractivity contribution in [1.82, 2.24) is 0 Å². The Morgan fingerprint density at radius 3 is 1.88 bits per heavy atom. The molecule has 0 spiro atoms. The Balaban J connectivity index is 1.90. The topological polar surface area (TPSA) is 18.5 Å². The summed E-state index contributed by atoms with van der Waals surface area (Å²) in [5.41, 5.74) is 2.72. The molecule has 0 fully saturated rings. The van der Waals surface area contributed by atoms with Crippen LogP contribution >= 0.6 is 45.2 Å². The zero-order chi connectivity index (χ0) is 11.1. The Hall–Kier alpha value is 0.280. The second kappa shape index (κ2) is 4.51. The van der Waals surface area contributed by atoms with Gasteiger partial charge in [0.05, 0.1) is 0 Å². The number of halogens is 2. The first kappa shape index (κ1) is 11.4. The van der Waals surface area contributed by atoms with Crippen molar-refractivity contribution in [3.8, 4) is 11.5 Å². The first-order valence-corrected chi connectivity index (χ1v) is 8.46. The van der Waals surface area contributed by atoms with Crippen LogP contribution in [0.1, 0.15) is 11.1 Å². The number of hydrogen-bond acceptors (Lipinski definition) is 2. The Bertz CT molecular complexity index is 349. The average Bonchev–Trinajstić information content (AvgIpc) is 2.86. The van der Waals surface area contributed by atoms with Crippen molar-refractivity contribution < 1.29 is 9.47 Å². The third kappa shape index (κ3) is 1.91. The number of alkyl halides is 2. The van der Waals surface area contributed by atoms with Crippen LogP contribution in [0.5, 0.6) is 11.5 Å². The Morgan fingerprint density at radius 2 is 1.44 bits per heavy atom. The molecule has 4 heteroatoms. The highest BCUT2D eigenvalue weighted by molar-refractivity contribution is 14.1. The Kier molecular flexibility index (Phi) is 3.21. The van der Waals surface area contributed by atoms with Crippen molar-refractivity contribution in [2.75, 3.05) is 8.86 Å². The van der Waals surface area contributed by atoms with E-state index in [9.17, 15) is 0 Å². The van der Waals surface area contributed by atoms with Gasteiger partial charge in [-0.25, -0.2) is 0 Å². The van der Waals surface area contributed by atoms with E-state index in [0.717, 1.165) is 33.2 Å². The third-order valence-corrected chi connectivity index (χ3v) is 5.04. The van der Waals surface area contributed by atoms with E-state index in [4.69, 9.17) is 9.47 Å². The summed E-state index contributed by atoms with van der Waals surface area (Å²) >= 11 is 4.76. The second-order valence-corrected chi connectivity index (χ2v) is 6.03. The van der Waals surface area contributed by atoms with Crippen LogP contribution in [-0.2, 0) is 12.8 Å². The van der Waals surface area contributed by atoms with Gasteiger partial charge in [0.1, 0.15) is 23.7 Å². The lowest BCUT2D eigenvalue weighted by molar-refractivity contribution is 0.251. The summed E-state index contributed by atoms with van der Waals surface area (Å²) in [6.07, 6.45) is 2.83. The zero-order valence-electron chi connectivity index (χ0n) is 8.71. The summed E-state index contributed by atoms with van der Waals surface area (Å²) < 4.78 is 13.8. The molecule has 0 amide bonds. The molecular formula is C12H12I2O2. The maximum Gasteiger partial charge on any atom is 0.126 e. The van der Waals surface area contributed by atoms with E-state index in [-0.39, 0.29) is 0 Å². The van der Waals surface area contributed by atoms with E-state index < -0.39 is 0 Å². The number of rotatable bonds is 2. The van der Waals surface area contributed by atoms with Gasteiger partial charge in [-0.15, -0.1) is 0 Å². The fourth-order valence-corrected chi connectivity index (χ4v) is 3.28. The van der Waals surface area contributed by atoms with Crippen molar-refractivity contribution in [3.05, 3.63) is 23.3 Å². The fraction of sp³-hybridized carbons (Fsp3) is 0.500. The minimum Gasteiger partial charge on any atom is -0.489 e. The minimum atomic E-state index is 0.360. The molecule has 0 bridgehead atoms. The molecule has 0 N–H and O–H groups in total. The first-order valence-electron chi connectivity index (χ1n) is 5.41. The second-order valence-electron chi connectivity index (χ2n) is 4.26. The van der Waals surface area contributed by atoms with Crippen molar-refractivity contribution in [3.63, 3.8) is 0 Å². The lowest BCUT2D eigenvalue weighted by Crippen LogP contribution is -2.14. The molecule has 2 unspecified atom stereocenters. The Morgan fingerprint density at radius 1 is 0.938 bits per heavy atom. The van der Waals surface area contributed by atoms with Gasteiger partial charge in [0.25, 0.3) is 0 Å². The maximum absolute atomic E-state index is 5.86. The van der Waals surface area contributed by atoms with Gasteiger partial charge in [-0.05, 0) is 17.2 Å². The summed E-state index contributed by atoms with van der Waals surface area (Å²) in [6.45, 7) is 0. The van der Waals surface area contributed by atoms with Crippen molar-refractivity contribution in [1.29, 1.82) is 0 Å². The van der Waals surface area contributed by atoms with Gasteiger partial charge in [-0.2, -0.15) is 0 Å². The van der Waals surface area contributed by atoms with Crippen LogP contribution in [0.3, 0.4) is 0 Å². The number of benzene rings is 1. The van der Waals surface area contributed by atoms with Crippen LogP contribution in [0, 0.1) is 0 Å². The standard InChI is InChI=1S/C12H12I2O2/c13-5-9-2-7-1-8-3-10(6-14)16-12(8)4-11(7)15-9/h1,4,9-10H,2-3,5-6H2. The molecule has 0 aliphatic carbocycles. The fourth-order valence-electron chi connectivity index (χ4n) is 2.30. The molecule has 2 nitrogen and oxygen atoms in total. The van der Waals surface area contributed by atoms with Crippen LogP contribution in [-0.4, -0.2) is 21.1 Å². The van der Waals surface area contributed by atoms with E-state index in [2.05, 4.69) is 57.3 Å². The maximum atomic E-state index is 5.86. The van der Waals surface area contributed by atoms with Gasteiger partial charge >= 0.3 is 0 Å². The van der Waals surface area contributed by atoms with E-state index in [1.165, 1.54) is 11.1 Å². The predicted octanol–water partition coefficient (Wildman–Crippen LogP) is 3.16. The highest BCUT2D eigenvalue weighted by Gasteiger charge is 2.28. The molecule has 86 valence electrons. The van der Waals surface area contributed by atoms with Gasteiger partial charge in [0.15, 0.2) is 0 Å². The normalized spacial score (nSPS) is 25.9. The van der Waals surface area contributed by atoms with Crippen molar-refractivity contribution >= 4 is 45.2 Å².